The fourth-order valence-electron chi connectivity index (χ4n) is 3.28. The molecule has 0 aromatic heterocycles. The van der Waals surface area contributed by atoms with Crippen LogP contribution in [0.15, 0.2) is 29.4 Å². The maximum atomic E-state index is 9.06. The minimum Gasteiger partial charge on any atom is -0.411 e. The minimum absolute atomic E-state index is 0.349. The van der Waals surface area contributed by atoms with Crippen LogP contribution in [0.4, 0.5) is 5.69 Å². The fourth-order valence-corrected chi connectivity index (χ4v) is 3.47. The SMILES string of the molecule is ON=C1CCCC1N1CCN(c2cccc(Cl)c2)CC1. The van der Waals surface area contributed by atoms with Crippen LogP contribution in [-0.2, 0) is 0 Å². The molecule has 2 aliphatic rings. The number of anilines is 1. The highest BCUT2D eigenvalue weighted by Gasteiger charge is 2.31. The van der Waals surface area contributed by atoms with Crippen molar-refractivity contribution in [2.45, 2.75) is 25.3 Å². The Morgan fingerprint density at radius 3 is 2.70 bits per heavy atom. The molecule has 0 spiro atoms. The van der Waals surface area contributed by atoms with E-state index in [9.17, 15) is 0 Å². The van der Waals surface area contributed by atoms with E-state index in [4.69, 9.17) is 16.8 Å². The highest BCUT2D eigenvalue weighted by molar-refractivity contribution is 6.30. The summed E-state index contributed by atoms with van der Waals surface area (Å²) in [4.78, 5) is 4.82. The molecule has 108 valence electrons. The Morgan fingerprint density at radius 1 is 1.20 bits per heavy atom. The number of oxime groups is 1. The summed E-state index contributed by atoms with van der Waals surface area (Å²) in [5.74, 6) is 0. The summed E-state index contributed by atoms with van der Waals surface area (Å²) >= 11 is 6.05. The lowest BCUT2D eigenvalue weighted by Gasteiger charge is -2.39. The zero-order chi connectivity index (χ0) is 13.9. The Labute approximate surface area is 124 Å². The molecule has 3 rings (SSSR count). The van der Waals surface area contributed by atoms with E-state index in [0.717, 1.165) is 56.2 Å². The van der Waals surface area contributed by atoms with Crippen LogP contribution in [0.25, 0.3) is 0 Å². The van der Waals surface area contributed by atoms with E-state index < -0.39 is 0 Å². The first-order valence-corrected chi connectivity index (χ1v) is 7.61. The summed E-state index contributed by atoms with van der Waals surface area (Å²) in [5.41, 5.74) is 2.15. The number of halogens is 1. The van der Waals surface area contributed by atoms with Gasteiger partial charge in [-0.05, 0) is 37.5 Å². The van der Waals surface area contributed by atoms with Gasteiger partial charge in [0, 0.05) is 36.9 Å². The minimum atomic E-state index is 0.349. The van der Waals surface area contributed by atoms with E-state index in [1.807, 2.05) is 18.2 Å². The van der Waals surface area contributed by atoms with Gasteiger partial charge in [-0.1, -0.05) is 22.8 Å². The van der Waals surface area contributed by atoms with Crippen molar-refractivity contribution in [3.63, 3.8) is 0 Å². The van der Waals surface area contributed by atoms with Gasteiger partial charge >= 0.3 is 0 Å². The summed E-state index contributed by atoms with van der Waals surface area (Å²) in [6, 6.07) is 8.38. The summed E-state index contributed by atoms with van der Waals surface area (Å²) < 4.78 is 0. The second-order valence-electron chi connectivity index (χ2n) is 5.50. The molecule has 5 heteroatoms. The van der Waals surface area contributed by atoms with Crippen LogP contribution < -0.4 is 4.90 Å². The molecule has 20 heavy (non-hydrogen) atoms. The molecule has 4 nitrogen and oxygen atoms in total. The molecule has 1 aliphatic heterocycles. The number of rotatable bonds is 2. The molecule has 1 aliphatic carbocycles. The molecular formula is C15H20ClN3O. The van der Waals surface area contributed by atoms with Crippen LogP contribution in [0.3, 0.4) is 0 Å². The van der Waals surface area contributed by atoms with E-state index in [1.54, 1.807) is 0 Å². The van der Waals surface area contributed by atoms with E-state index in [1.165, 1.54) is 5.69 Å². The van der Waals surface area contributed by atoms with Gasteiger partial charge in [0.2, 0.25) is 0 Å². The average Bonchev–Trinajstić information content (AvgIpc) is 2.96. The third-order valence-corrected chi connectivity index (χ3v) is 4.59. The standard InChI is InChI=1S/C15H20ClN3O/c16-12-3-1-4-13(11-12)18-7-9-19(10-8-18)15-6-2-5-14(15)17-20/h1,3-4,11,15,20H,2,5-10H2. The number of hydrogen-bond donors (Lipinski definition) is 1. The van der Waals surface area contributed by atoms with Crippen molar-refractivity contribution in [3.05, 3.63) is 29.3 Å². The Hall–Kier alpha value is -1.26. The van der Waals surface area contributed by atoms with E-state index >= 15 is 0 Å². The molecule has 1 saturated carbocycles. The zero-order valence-electron chi connectivity index (χ0n) is 11.5. The van der Waals surface area contributed by atoms with Crippen molar-refractivity contribution < 1.29 is 5.21 Å². The van der Waals surface area contributed by atoms with E-state index in [2.05, 4.69) is 21.0 Å². The van der Waals surface area contributed by atoms with Crippen LogP contribution in [0.1, 0.15) is 19.3 Å². The molecule has 1 N–H and O–H groups in total. The molecule has 2 fully saturated rings. The molecule has 0 radical (unpaired) electrons. The van der Waals surface area contributed by atoms with Gasteiger partial charge in [-0.25, -0.2) is 0 Å². The Kier molecular flexibility index (Phi) is 4.13. The average molecular weight is 294 g/mol. The summed E-state index contributed by atoms with van der Waals surface area (Å²) in [7, 11) is 0. The third kappa shape index (κ3) is 2.76. The van der Waals surface area contributed by atoms with Gasteiger partial charge in [0.25, 0.3) is 0 Å². The van der Waals surface area contributed by atoms with E-state index in [-0.39, 0.29) is 0 Å². The molecule has 1 aromatic rings. The van der Waals surface area contributed by atoms with Gasteiger partial charge < -0.3 is 10.1 Å². The van der Waals surface area contributed by atoms with Gasteiger partial charge in [-0.3, -0.25) is 4.90 Å². The molecular weight excluding hydrogens is 274 g/mol. The van der Waals surface area contributed by atoms with Gasteiger partial charge in [0.15, 0.2) is 0 Å². The van der Waals surface area contributed by atoms with Crippen LogP contribution in [0, 0.1) is 0 Å². The highest BCUT2D eigenvalue weighted by atomic mass is 35.5. The topological polar surface area (TPSA) is 39.1 Å². The van der Waals surface area contributed by atoms with Crippen LogP contribution >= 0.6 is 11.6 Å². The predicted octanol–water partition coefficient (Wildman–Crippen LogP) is 2.84. The maximum absolute atomic E-state index is 9.06. The summed E-state index contributed by atoms with van der Waals surface area (Å²) in [6.45, 7) is 4.01. The fraction of sp³-hybridized carbons (Fsp3) is 0.533. The lowest BCUT2D eigenvalue weighted by atomic mass is 10.1. The summed E-state index contributed by atoms with van der Waals surface area (Å²) in [6.07, 6.45) is 3.20. The predicted molar refractivity (Wildman–Crippen MR) is 82.1 cm³/mol. The molecule has 1 saturated heterocycles. The normalized spacial score (nSPS) is 26.4. The van der Waals surface area contributed by atoms with Crippen molar-refractivity contribution >= 4 is 23.0 Å². The lowest BCUT2D eigenvalue weighted by molar-refractivity contribution is 0.221. The zero-order valence-corrected chi connectivity index (χ0v) is 12.3. The first-order valence-electron chi connectivity index (χ1n) is 7.23. The Morgan fingerprint density at radius 2 is 2.00 bits per heavy atom. The van der Waals surface area contributed by atoms with Crippen LogP contribution in [-0.4, -0.2) is 48.0 Å². The molecule has 0 bridgehead atoms. The Balaban J connectivity index is 1.62. The van der Waals surface area contributed by atoms with E-state index in [0.29, 0.717) is 6.04 Å². The van der Waals surface area contributed by atoms with Crippen molar-refractivity contribution in [2.75, 3.05) is 31.1 Å². The molecule has 1 heterocycles. The molecule has 0 amide bonds. The van der Waals surface area contributed by atoms with Crippen molar-refractivity contribution in [3.8, 4) is 0 Å². The quantitative estimate of drug-likeness (QED) is 0.673. The molecule has 1 atom stereocenters. The lowest BCUT2D eigenvalue weighted by Crippen LogP contribution is -2.51. The van der Waals surface area contributed by atoms with Crippen LogP contribution in [0.2, 0.25) is 5.02 Å². The van der Waals surface area contributed by atoms with Gasteiger partial charge in [0.1, 0.15) is 0 Å². The number of piperazine rings is 1. The van der Waals surface area contributed by atoms with Gasteiger partial charge in [0.05, 0.1) is 11.8 Å². The largest absolute Gasteiger partial charge is 0.411 e. The number of benzene rings is 1. The highest BCUT2D eigenvalue weighted by Crippen LogP contribution is 2.25. The molecule has 1 unspecified atom stereocenters. The monoisotopic (exact) mass is 293 g/mol. The van der Waals surface area contributed by atoms with Gasteiger partial charge in [-0.2, -0.15) is 0 Å². The van der Waals surface area contributed by atoms with Gasteiger partial charge in [-0.15, -0.1) is 0 Å². The first kappa shape index (κ1) is 13.7. The smallest absolute Gasteiger partial charge is 0.0742 e. The Bertz CT molecular complexity index is 498. The summed E-state index contributed by atoms with van der Waals surface area (Å²) in [5, 5.41) is 13.3. The maximum Gasteiger partial charge on any atom is 0.0742 e. The number of nitrogens with zero attached hydrogens (tertiary/aromatic N) is 3. The van der Waals surface area contributed by atoms with Crippen molar-refractivity contribution in [2.24, 2.45) is 5.16 Å². The molecule has 1 aromatic carbocycles. The van der Waals surface area contributed by atoms with Crippen molar-refractivity contribution in [1.82, 2.24) is 4.90 Å². The first-order chi connectivity index (χ1) is 9.78. The second kappa shape index (κ2) is 6.02. The second-order valence-corrected chi connectivity index (χ2v) is 5.94. The third-order valence-electron chi connectivity index (χ3n) is 4.35. The van der Waals surface area contributed by atoms with Crippen molar-refractivity contribution in [1.29, 1.82) is 0 Å². The van der Waals surface area contributed by atoms with Crippen LogP contribution in [0.5, 0.6) is 0 Å². The number of hydrogen-bond acceptors (Lipinski definition) is 4.